The van der Waals surface area contributed by atoms with Crippen molar-refractivity contribution >= 4 is 5.97 Å². The first-order valence-corrected chi connectivity index (χ1v) is 13.4. The first kappa shape index (κ1) is 24.8. The normalized spacial score (nSPS) is 42.2. The summed E-state index contributed by atoms with van der Waals surface area (Å²) in [6, 6.07) is 0. The average molecular weight is 455 g/mol. The molecule has 4 aliphatic rings. The lowest BCUT2D eigenvalue weighted by molar-refractivity contribution is -0.148. The van der Waals surface area contributed by atoms with Gasteiger partial charge in [0.1, 0.15) is 6.10 Å². The second-order valence-electron chi connectivity index (χ2n) is 12.6. The lowest BCUT2D eigenvalue weighted by atomic mass is 9.50. The molecule has 0 radical (unpaired) electrons. The van der Waals surface area contributed by atoms with Crippen molar-refractivity contribution in [3.63, 3.8) is 0 Å². The van der Waals surface area contributed by atoms with Gasteiger partial charge in [-0.05, 0) is 78.4 Å². The van der Waals surface area contributed by atoms with E-state index in [1.165, 1.54) is 25.3 Å². The van der Waals surface area contributed by atoms with E-state index in [0.29, 0.717) is 35.5 Å². The number of rotatable bonds is 5. The molecular weight excluding hydrogens is 408 g/mol. The zero-order valence-corrected chi connectivity index (χ0v) is 21.9. The lowest BCUT2D eigenvalue weighted by Gasteiger charge is -2.55. The van der Waals surface area contributed by atoms with Crippen LogP contribution in [0.15, 0.2) is 35.5 Å². The number of allylic oxidation sites excluding steroid dienone is 5. The summed E-state index contributed by atoms with van der Waals surface area (Å²) in [5.41, 5.74) is 3.38. The van der Waals surface area contributed by atoms with Crippen LogP contribution in [0.3, 0.4) is 0 Å². The minimum absolute atomic E-state index is 0.0317. The van der Waals surface area contributed by atoms with Crippen LogP contribution in [0.25, 0.3) is 0 Å². The number of hydrogen-bond donors (Lipinski definition) is 1. The highest BCUT2D eigenvalue weighted by Crippen LogP contribution is 2.66. The topological polar surface area (TPSA) is 46.5 Å². The zero-order chi connectivity index (χ0) is 24.1. The Morgan fingerprint density at radius 3 is 2.48 bits per heavy atom. The summed E-state index contributed by atoms with van der Waals surface area (Å²) >= 11 is 0. The molecule has 0 bridgehead atoms. The smallest absolute Gasteiger partial charge is 0.302 e. The first-order valence-electron chi connectivity index (χ1n) is 13.4. The predicted molar refractivity (Wildman–Crippen MR) is 134 cm³/mol. The molecule has 3 saturated carbocycles. The maximum absolute atomic E-state index is 11.5. The zero-order valence-electron chi connectivity index (χ0n) is 21.9. The van der Waals surface area contributed by atoms with E-state index in [1.807, 2.05) is 0 Å². The molecule has 3 heteroatoms. The van der Waals surface area contributed by atoms with E-state index >= 15 is 0 Å². The van der Waals surface area contributed by atoms with Crippen molar-refractivity contribution in [1.82, 2.24) is 0 Å². The van der Waals surface area contributed by atoms with Gasteiger partial charge in [0.2, 0.25) is 0 Å². The van der Waals surface area contributed by atoms with E-state index < -0.39 is 0 Å². The summed E-state index contributed by atoms with van der Waals surface area (Å²) in [6.45, 7) is 15.6. The molecule has 3 fully saturated rings. The molecule has 0 aliphatic heterocycles. The highest BCUT2D eigenvalue weighted by molar-refractivity contribution is 5.66. The Kier molecular flexibility index (Phi) is 6.77. The van der Waals surface area contributed by atoms with Gasteiger partial charge in [0, 0.05) is 13.3 Å². The fraction of sp³-hybridized carbons (Fsp3) is 0.767. The molecule has 0 aromatic rings. The van der Waals surface area contributed by atoms with E-state index in [9.17, 15) is 9.90 Å². The Morgan fingerprint density at radius 2 is 1.82 bits per heavy atom. The van der Waals surface area contributed by atoms with Crippen LogP contribution in [0.1, 0.15) is 87.0 Å². The van der Waals surface area contributed by atoms with Crippen molar-refractivity contribution in [3.05, 3.63) is 35.5 Å². The Labute approximate surface area is 201 Å². The van der Waals surface area contributed by atoms with Gasteiger partial charge in [-0.1, -0.05) is 77.0 Å². The van der Waals surface area contributed by atoms with Crippen molar-refractivity contribution in [2.75, 3.05) is 0 Å². The van der Waals surface area contributed by atoms with Crippen LogP contribution in [0, 0.1) is 46.3 Å². The Balaban J connectivity index is 1.58. The lowest BCUT2D eigenvalue weighted by Crippen LogP contribution is -2.47. The molecule has 184 valence electrons. The third kappa shape index (κ3) is 4.28. The molecule has 1 unspecified atom stereocenters. The van der Waals surface area contributed by atoms with Gasteiger partial charge in [-0.25, -0.2) is 0 Å². The van der Waals surface area contributed by atoms with Gasteiger partial charge in [-0.15, -0.1) is 0 Å². The Hall–Kier alpha value is -1.35. The molecule has 3 nitrogen and oxygen atoms in total. The van der Waals surface area contributed by atoms with Crippen LogP contribution in [0.2, 0.25) is 0 Å². The Bertz CT molecular complexity index is 851. The number of aliphatic hydroxyl groups excluding tert-OH is 1. The number of carbonyl (C=O) groups excluding carboxylic acids is 1. The van der Waals surface area contributed by atoms with E-state index in [2.05, 4.69) is 65.8 Å². The third-order valence-corrected chi connectivity index (χ3v) is 10.3. The van der Waals surface area contributed by atoms with Crippen LogP contribution >= 0.6 is 0 Å². The van der Waals surface area contributed by atoms with Crippen LogP contribution < -0.4 is 0 Å². The number of esters is 1. The highest BCUT2D eigenvalue weighted by Gasteiger charge is 2.59. The first-order chi connectivity index (χ1) is 15.5. The molecule has 0 spiro atoms. The second kappa shape index (κ2) is 9.02. The largest absolute Gasteiger partial charge is 0.462 e. The summed E-state index contributed by atoms with van der Waals surface area (Å²) in [7, 11) is 0. The maximum Gasteiger partial charge on any atom is 0.302 e. The molecule has 0 aromatic heterocycles. The van der Waals surface area contributed by atoms with E-state index in [4.69, 9.17) is 4.74 Å². The standard InChI is InChI=1S/C30H46O3/c1-18(2)19(3)8-9-20(4)28-27(32)17-26-24-11-10-22-16-23(33-21(5)31)12-14-29(22,6)25(24)13-15-30(26,28)7/h8-11,18-20,23,25-28,32H,12-17H2,1-7H3/b9-8+/t19-,20+,23-,25-,26-,27?,28-,29-,30-/m0/s1. The summed E-state index contributed by atoms with van der Waals surface area (Å²) < 4.78 is 5.58. The highest BCUT2D eigenvalue weighted by atomic mass is 16.5. The summed E-state index contributed by atoms with van der Waals surface area (Å²) in [5.74, 6) is 2.78. The average Bonchev–Trinajstić information content (AvgIpc) is 3.01. The fourth-order valence-electron chi connectivity index (χ4n) is 8.00. The molecule has 1 N–H and O–H groups in total. The molecule has 0 heterocycles. The summed E-state index contributed by atoms with van der Waals surface area (Å²) in [5, 5.41) is 11.3. The van der Waals surface area contributed by atoms with Crippen LogP contribution in [0.5, 0.6) is 0 Å². The van der Waals surface area contributed by atoms with E-state index in [0.717, 1.165) is 25.7 Å². The van der Waals surface area contributed by atoms with Crippen LogP contribution in [0.4, 0.5) is 0 Å². The Morgan fingerprint density at radius 1 is 1.09 bits per heavy atom. The van der Waals surface area contributed by atoms with E-state index in [-0.39, 0.29) is 29.0 Å². The van der Waals surface area contributed by atoms with Crippen molar-refractivity contribution in [1.29, 1.82) is 0 Å². The van der Waals surface area contributed by atoms with Crippen LogP contribution in [-0.4, -0.2) is 23.3 Å². The van der Waals surface area contributed by atoms with Gasteiger partial charge in [-0.3, -0.25) is 4.79 Å². The summed E-state index contributed by atoms with van der Waals surface area (Å²) in [6.07, 6.45) is 15.5. The minimum atomic E-state index is -0.230. The van der Waals surface area contributed by atoms with Crippen molar-refractivity contribution in [2.45, 2.75) is 99.2 Å². The molecule has 4 aliphatic carbocycles. The molecule has 0 amide bonds. The molecule has 0 aromatic carbocycles. The quantitative estimate of drug-likeness (QED) is 0.364. The molecule has 4 rings (SSSR count). The van der Waals surface area contributed by atoms with Gasteiger partial charge in [0.25, 0.3) is 0 Å². The van der Waals surface area contributed by atoms with Crippen LogP contribution in [-0.2, 0) is 9.53 Å². The monoisotopic (exact) mass is 454 g/mol. The van der Waals surface area contributed by atoms with E-state index in [1.54, 1.807) is 5.57 Å². The second-order valence-corrected chi connectivity index (χ2v) is 12.6. The van der Waals surface area contributed by atoms with Gasteiger partial charge in [-0.2, -0.15) is 0 Å². The number of hydrogen-bond acceptors (Lipinski definition) is 3. The predicted octanol–water partition coefficient (Wildman–Crippen LogP) is 6.87. The number of ether oxygens (including phenoxy) is 1. The van der Waals surface area contributed by atoms with Gasteiger partial charge in [0.05, 0.1) is 6.10 Å². The van der Waals surface area contributed by atoms with Gasteiger partial charge in [0.15, 0.2) is 0 Å². The van der Waals surface area contributed by atoms with Gasteiger partial charge >= 0.3 is 5.97 Å². The molecular formula is C30H46O3. The molecule has 0 saturated heterocycles. The SMILES string of the molecule is CC(=O)O[C@H]1CC[C@@]2(C)C(=CC=C3[C@@H]4CC(O)[C@H]([C@H](C)/C=C/[C@H](C)C(C)C)[C@@]4(C)CC[C@@H]32)C1. The fourth-order valence-corrected chi connectivity index (χ4v) is 8.00. The van der Waals surface area contributed by atoms with Crippen molar-refractivity contribution < 1.29 is 14.6 Å². The number of fused-ring (bicyclic) bond motifs is 5. The number of aliphatic hydroxyl groups is 1. The molecule has 9 atom stereocenters. The van der Waals surface area contributed by atoms with Gasteiger partial charge < -0.3 is 9.84 Å². The maximum atomic E-state index is 11.5. The van der Waals surface area contributed by atoms with Crippen molar-refractivity contribution in [3.8, 4) is 0 Å². The summed E-state index contributed by atoms with van der Waals surface area (Å²) in [4.78, 5) is 11.5. The molecule has 33 heavy (non-hydrogen) atoms. The minimum Gasteiger partial charge on any atom is -0.462 e. The third-order valence-electron chi connectivity index (χ3n) is 10.3. The number of carbonyl (C=O) groups is 1. The van der Waals surface area contributed by atoms with Crippen molar-refractivity contribution in [2.24, 2.45) is 46.3 Å².